The summed E-state index contributed by atoms with van der Waals surface area (Å²) in [6.45, 7) is 0. The van der Waals surface area contributed by atoms with Crippen LogP contribution in [0.2, 0.25) is 0 Å². The minimum Gasteiger partial charge on any atom is -0.456 e. The Hall–Kier alpha value is -1.37. The van der Waals surface area contributed by atoms with E-state index in [1.165, 1.54) is 6.07 Å². The van der Waals surface area contributed by atoms with E-state index in [0.29, 0.717) is 11.4 Å². The molecule has 0 aliphatic carbocycles. The Morgan fingerprint density at radius 2 is 1.76 bits per heavy atom. The third-order valence-corrected chi connectivity index (χ3v) is 2.92. The second-order valence-electron chi connectivity index (χ2n) is 3.37. The fourth-order valence-electron chi connectivity index (χ4n) is 1.27. The molecule has 0 fully saturated rings. The predicted octanol–water partition coefficient (Wildman–Crippen LogP) is 3.94. The SMILES string of the molecule is Nc1ccc(Oc2ccc(F)c(F)c2)c(I)c1. The molecule has 0 aliphatic heterocycles. The molecule has 0 radical (unpaired) electrons. The maximum Gasteiger partial charge on any atom is 0.162 e. The first-order valence-electron chi connectivity index (χ1n) is 4.74. The molecule has 2 aromatic carbocycles. The molecule has 0 aromatic heterocycles. The molecule has 2 N–H and O–H groups in total. The Morgan fingerprint density at radius 1 is 1.00 bits per heavy atom. The summed E-state index contributed by atoms with van der Waals surface area (Å²) in [4.78, 5) is 0. The van der Waals surface area contributed by atoms with Crippen molar-refractivity contribution in [1.82, 2.24) is 0 Å². The molecule has 0 heterocycles. The highest BCUT2D eigenvalue weighted by Crippen LogP contribution is 2.28. The van der Waals surface area contributed by atoms with Crippen LogP contribution in [0, 0.1) is 15.2 Å². The second kappa shape index (κ2) is 4.87. The van der Waals surface area contributed by atoms with E-state index in [1.54, 1.807) is 18.2 Å². The fourth-order valence-corrected chi connectivity index (χ4v) is 1.92. The van der Waals surface area contributed by atoms with Gasteiger partial charge in [-0.1, -0.05) is 0 Å². The number of rotatable bonds is 2. The maximum atomic E-state index is 13.0. The molecule has 5 heteroatoms. The van der Waals surface area contributed by atoms with E-state index < -0.39 is 11.6 Å². The summed E-state index contributed by atoms with van der Waals surface area (Å²) in [6.07, 6.45) is 0. The molecule has 0 saturated carbocycles. The van der Waals surface area contributed by atoms with Crippen LogP contribution in [0.15, 0.2) is 36.4 Å². The lowest BCUT2D eigenvalue weighted by Gasteiger charge is -2.08. The first kappa shape index (κ1) is 12.1. The van der Waals surface area contributed by atoms with Gasteiger partial charge in [0.25, 0.3) is 0 Å². The van der Waals surface area contributed by atoms with Crippen molar-refractivity contribution in [1.29, 1.82) is 0 Å². The molecule has 2 rings (SSSR count). The third-order valence-electron chi connectivity index (χ3n) is 2.07. The number of halogens is 3. The van der Waals surface area contributed by atoms with Gasteiger partial charge < -0.3 is 10.5 Å². The van der Waals surface area contributed by atoms with Crippen LogP contribution in [0.5, 0.6) is 11.5 Å². The molecular formula is C12H8F2INO. The maximum absolute atomic E-state index is 13.0. The van der Waals surface area contributed by atoms with Gasteiger partial charge in [0.05, 0.1) is 3.57 Å². The van der Waals surface area contributed by atoms with Gasteiger partial charge in [-0.2, -0.15) is 0 Å². The number of hydrogen-bond donors (Lipinski definition) is 1. The molecule has 0 unspecified atom stereocenters. The minimum absolute atomic E-state index is 0.242. The van der Waals surface area contributed by atoms with Crippen molar-refractivity contribution in [2.75, 3.05) is 5.73 Å². The van der Waals surface area contributed by atoms with Crippen LogP contribution < -0.4 is 10.5 Å². The highest BCUT2D eigenvalue weighted by molar-refractivity contribution is 14.1. The summed E-state index contributed by atoms with van der Waals surface area (Å²) in [5.74, 6) is -1.05. The lowest BCUT2D eigenvalue weighted by molar-refractivity contribution is 0.459. The van der Waals surface area contributed by atoms with Crippen LogP contribution in [-0.4, -0.2) is 0 Å². The van der Waals surface area contributed by atoms with Gasteiger partial charge in [-0.05, 0) is 52.9 Å². The van der Waals surface area contributed by atoms with Crippen molar-refractivity contribution in [3.63, 3.8) is 0 Å². The van der Waals surface area contributed by atoms with Crippen LogP contribution >= 0.6 is 22.6 Å². The number of anilines is 1. The average Bonchev–Trinajstić information content (AvgIpc) is 2.27. The van der Waals surface area contributed by atoms with Gasteiger partial charge in [-0.3, -0.25) is 0 Å². The second-order valence-corrected chi connectivity index (χ2v) is 4.53. The highest BCUT2D eigenvalue weighted by Gasteiger charge is 2.06. The monoisotopic (exact) mass is 347 g/mol. The molecule has 2 aromatic rings. The first-order valence-corrected chi connectivity index (χ1v) is 5.82. The van der Waals surface area contributed by atoms with Gasteiger partial charge >= 0.3 is 0 Å². The topological polar surface area (TPSA) is 35.2 Å². The Bertz CT molecular complexity index is 560. The fraction of sp³-hybridized carbons (Fsp3) is 0. The van der Waals surface area contributed by atoms with Gasteiger partial charge in [0.15, 0.2) is 11.6 Å². The zero-order valence-corrected chi connectivity index (χ0v) is 10.7. The van der Waals surface area contributed by atoms with Gasteiger partial charge in [0.2, 0.25) is 0 Å². The smallest absolute Gasteiger partial charge is 0.162 e. The quantitative estimate of drug-likeness (QED) is 0.660. The molecule has 0 amide bonds. The van der Waals surface area contributed by atoms with E-state index in [-0.39, 0.29) is 5.75 Å². The van der Waals surface area contributed by atoms with Crippen LogP contribution in [0.25, 0.3) is 0 Å². The van der Waals surface area contributed by atoms with E-state index in [1.807, 2.05) is 0 Å². The Balaban J connectivity index is 2.28. The summed E-state index contributed by atoms with van der Waals surface area (Å²) in [5.41, 5.74) is 6.21. The van der Waals surface area contributed by atoms with Crippen molar-refractivity contribution >= 4 is 28.3 Å². The first-order chi connectivity index (χ1) is 8.06. The molecule has 88 valence electrons. The Labute approximate surface area is 111 Å². The van der Waals surface area contributed by atoms with Gasteiger partial charge in [-0.25, -0.2) is 8.78 Å². The zero-order chi connectivity index (χ0) is 12.4. The van der Waals surface area contributed by atoms with Crippen LogP contribution in [0.4, 0.5) is 14.5 Å². The summed E-state index contributed by atoms with van der Waals surface area (Å²) < 4.78 is 31.9. The highest BCUT2D eigenvalue weighted by atomic mass is 127. The predicted molar refractivity (Wildman–Crippen MR) is 70.0 cm³/mol. The number of nitrogen functional groups attached to an aromatic ring is 1. The molecule has 0 bridgehead atoms. The lowest BCUT2D eigenvalue weighted by atomic mass is 10.3. The zero-order valence-electron chi connectivity index (χ0n) is 8.58. The van der Waals surface area contributed by atoms with Gasteiger partial charge in [0, 0.05) is 11.8 Å². The molecule has 0 aliphatic rings. The standard InChI is InChI=1S/C12H8F2INO/c13-9-3-2-8(6-10(9)14)17-12-4-1-7(16)5-11(12)15/h1-6H,16H2. The molecule has 17 heavy (non-hydrogen) atoms. The minimum atomic E-state index is -0.937. The van der Waals surface area contributed by atoms with Crippen LogP contribution in [0.3, 0.4) is 0 Å². The average molecular weight is 347 g/mol. The van der Waals surface area contributed by atoms with Crippen LogP contribution in [-0.2, 0) is 0 Å². The summed E-state index contributed by atoms with van der Waals surface area (Å²) in [7, 11) is 0. The van der Waals surface area contributed by atoms with E-state index in [0.717, 1.165) is 15.7 Å². The van der Waals surface area contributed by atoms with E-state index >= 15 is 0 Å². The molecule has 0 spiro atoms. The number of hydrogen-bond acceptors (Lipinski definition) is 2. The summed E-state index contributed by atoms with van der Waals surface area (Å²) in [5, 5.41) is 0. The Kier molecular flexibility index (Phi) is 3.46. The number of nitrogens with two attached hydrogens (primary N) is 1. The Morgan fingerprint density at radius 3 is 2.41 bits per heavy atom. The molecule has 0 atom stereocenters. The van der Waals surface area contributed by atoms with Crippen molar-refractivity contribution in [3.8, 4) is 11.5 Å². The normalized spacial score (nSPS) is 10.3. The van der Waals surface area contributed by atoms with E-state index in [4.69, 9.17) is 10.5 Å². The molecule has 2 nitrogen and oxygen atoms in total. The summed E-state index contributed by atoms with van der Waals surface area (Å²) in [6, 6.07) is 8.48. The summed E-state index contributed by atoms with van der Waals surface area (Å²) >= 11 is 2.06. The van der Waals surface area contributed by atoms with E-state index in [9.17, 15) is 8.78 Å². The van der Waals surface area contributed by atoms with Gasteiger partial charge in [-0.15, -0.1) is 0 Å². The largest absolute Gasteiger partial charge is 0.456 e. The lowest BCUT2D eigenvalue weighted by Crippen LogP contribution is -1.92. The number of benzene rings is 2. The van der Waals surface area contributed by atoms with Crippen molar-refractivity contribution in [2.24, 2.45) is 0 Å². The number of ether oxygens (including phenoxy) is 1. The molecular weight excluding hydrogens is 339 g/mol. The third kappa shape index (κ3) is 2.85. The molecule has 0 saturated heterocycles. The van der Waals surface area contributed by atoms with Crippen molar-refractivity contribution < 1.29 is 13.5 Å². The van der Waals surface area contributed by atoms with Crippen LogP contribution in [0.1, 0.15) is 0 Å². The van der Waals surface area contributed by atoms with E-state index in [2.05, 4.69) is 22.6 Å². The van der Waals surface area contributed by atoms with Crippen molar-refractivity contribution in [2.45, 2.75) is 0 Å². The van der Waals surface area contributed by atoms with Gasteiger partial charge in [0.1, 0.15) is 11.5 Å². The van der Waals surface area contributed by atoms with Crippen molar-refractivity contribution in [3.05, 3.63) is 51.6 Å².